The largest absolute Gasteiger partial charge is 0.457 e. The van der Waals surface area contributed by atoms with Gasteiger partial charge in [-0.1, -0.05) is 41.9 Å². The number of halogens is 1. The molecule has 1 aromatic heterocycles. The van der Waals surface area contributed by atoms with E-state index < -0.39 is 0 Å². The molecule has 5 heteroatoms. The van der Waals surface area contributed by atoms with Crippen LogP contribution in [0.3, 0.4) is 0 Å². The van der Waals surface area contributed by atoms with Gasteiger partial charge in [0.05, 0.1) is 17.0 Å². The van der Waals surface area contributed by atoms with Gasteiger partial charge in [-0.15, -0.1) is 0 Å². The summed E-state index contributed by atoms with van der Waals surface area (Å²) >= 11 is 6.20. The van der Waals surface area contributed by atoms with E-state index in [-0.39, 0.29) is 5.91 Å². The summed E-state index contributed by atoms with van der Waals surface area (Å²) < 4.78 is 5.94. The van der Waals surface area contributed by atoms with E-state index in [4.69, 9.17) is 16.0 Å². The van der Waals surface area contributed by atoms with Crippen LogP contribution in [0.25, 0.3) is 17.4 Å². The van der Waals surface area contributed by atoms with E-state index in [1.807, 2.05) is 74.5 Å². The summed E-state index contributed by atoms with van der Waals surface area (Å²) in [4.78, 5) is 12.8. The predicted octanol–water partition coefficient (Wildman–Crippen LogP) is 5.71. The molecule has 1 aliphatic heterocycles. The Morgan fingerprint density at radius 2 is 1.78 bits per heavy atom. The number of furan rings is 1. The zero-order valence-corrected chi connectivity index (χ0v) is 15.7. The highest BCUT2D eigenvalue weighted by atomic mass is 35.5. The molecule has 0 unspecified atom stereocenters. The van der Waals surface area contributed by atoms with Crippen molar-refractivity contribution in [3.63, 3.8) is 0 Å². The Balaban J connectivity index is 1.65. The number of rotatable bonds is 3. The molecule has 0 bridgehead atoms. The number of carbonyl (C=O) groups excluding carboxylic acids is 1. The maximum Gasteiger partial charge on any atom is 0.280 e. The molecule has 2 aromatic carbocycles. The Morgan fingerprint density at radius 1 is 1.00 bits per heavy atom. The van der Waals surface area contributed by atoms with Crippen LogP contribution in [0.15, 0.2) is 75.8 Å². The van der Waals surface area contributed by atoms with Crippen molar-refractivity contribution in [2.45, 2.75) is 13.8 Å². The normalized spacial score (nSPS) is 15.5. The van der Waals surface area contributed by atoms with Crippen molar-refractivity contribution in [1.82, 2.24) is 0 Å². The summed E-state index contributed by atoms with van der Waals surface area (Å²) in [5.74, 6) is 1.13. The molecule has 0 fully saturated rings. The Kier molecular flexibility index (Phi) is 4.42. The minimum absolute atomic E-state index is 0.171. The minimum atomic E-state index is -0.171. The predicted molar refractivity (Wildman–Crippen MR) is 109 cm³/mol. The Morgan fingerprint density at radius 3 is 2.56 bits per heavy atom. The summed E-state index contributed by atoms with van der Waals surface area (Å²) in [6, 6.07) is 18.8. The number of hydrogen-bond donors (Lipinski definition) is 0. The smallest absolute Gasteiger partial charge is 0.280 e. The van der Waals surface area contributed by atoms with E-state index >= 15 is 0 Å². The molecule has 0 spiro atoms. The zero-order valence-electron chi connectivity index (χ0n) is 14.9. The van der Waals surface area contributed by atoms with Crippen LogP contribution in [-0.2, 0) is 4.79 Å². The zero-order chi connectivity index (χ0) is 19.0. The van der Waals surface area contributed by atoms with E-state index in [0.29, 0.717) is 27.8 Å². The van der Waals surface area contributed by atoms with E-state index in [2.05, 4.69) is 5.10 Å². The molecule has 0 atom stereocenters. The summed E-state index contributed by atoms with van der Waals surface area (Å²) in [6.07, 6.45) is 1.73. The molecule has 3 aromatic rings. The van der Waals surface area contributed by atoms with Gasteiger partial charge in [-0.3, -0.25) is 4.79 Å². The number of hydrazone groups is 1. The first-order valence-corrected chi connectivity index (χ1v) is 8.94. The Bertz CT molecular complexity index is 1080. The van der Waals surface area contributed by atoms with Crippen molar-refractivity contribution in [2.75, 3.05) is 5.01 Å². The highest BCUT2D eigenvalue weighted by Gasteiger charge is 2.28. The van der Waals surface area contributed by atoms with Gasteiger partial charge >= 0.3 is 0 Å². The van der Waals surface area contributed by atoms with Crippen LogP contribution in [0, 0.1) is 6.92 Å². The topological polar surface area (TPSA) is 45.8 Å². The van der Waals surface area contributed by atoms with Gasteiger partial charge in [0.25, 0.3) is 5.91 Å². The van der Waals surface area contributed by atoms with Crippen LogP contribution in [0.4, 0.5) is 5.69 Å². The number of anilines is 1. The molecule has 4 rings (SSSR count). The Labute approximate surface area is 162 Å². The van der Waals surface area contributed by atoms with Crippen molar-refractivity contribution < 1.29 is 9.21 Å². The summed E-state index contributed by atoms with van der Waals surface area (Å²) in [5.41, 5.74) is 3.79. The van der Waals surface area contributed by atoms with Crippen molar-refractivity contribution in [1.29, 1.82) is 0 Å². The number of benzene rings is 2. The molecule has 1 aliphatic rings. The number of hydrogen-bond acceptors (Lipinski definition) is 3. The first kappa shape index (κ1) is 17.3. The molecule has 1 amide bonds. The number of nitrogens with zero attached hydrogens (tertiary/aromatic N) is 2. The molecule has 0 saturated heterocycles. The van der Waals surface area contributed by atoms with Crippen LogP contribution >= 0.6 is 11.6 Å². The average Bonchev–Trinajstić information content (AvgIpc) is 3.25. The lowest BCUT2D eigenvalue weighted by molar-refractivity contribution is -0.114. The maximum atomic E-state index is 12.8. The van der Waals surface area contributed by atoms with Gasteiger partial charge < -0.3 is 4.42 Å². The fourth-order valence-electron chi connectivity index (χ4n) is 3.02. The van der Waals surface area contributed by atoms with Gasteiger partial charge in [-0.25, -0.2) is 0 Å². The number of carbonyl (C=O) groups is 1. The minimum Gasteiger partial charge on any atom is -0.457 e. The monoisotopic (exact) mass is 376 g/mol. The van der Waals surface area contributed by atoms with Crippen LogP contribution in [0.2, 0.25) is 5.02 Å². The molecule has 0 N–H and O–H groups in total. The van der Waals surface area contributed by atoms with E-state index in [1.54, 1.807) is 6.08 Å². The van der Waals surface area contributed by atoms with Gasteiger partial charge in [0, 0.05) is 10.6 Å². The fraction of sp³-hybridized carbons (Fsp3) is 0.0909. The third-order valence-corrected chi connectivity index (χ3v) is 4.92. The molecule has 0 saturated carbocycles. The second-order valence-electron chi connectivity index (χ2n) is 6.31. The van der Waals surface area contributed by atoms with Gasteiger partial charge in [0.1, 0.15) is 11.5 Å². The maximum absolute atomic E-state index is 12.8. The van der Waals surface area contributed by atoms with Crippen LogP contribution in [0.1, 0.15) is 18.2 Å². The molecular weight excluding hydrogens is 360 g/mol. The van der Waals surface area contributed by atoms with E-state index in [1.165, 1.54) is 5.01 Å². The molecule has 27 heavy (non-hydrogen) atoms. The second kappa shape index (κ2) is 6.89. The standard InChI is InChI=1S/C22H17ClN2O2/c1-14-18(9-6-10-20(14)23)21-12-11-17(27-21)13-19-15(2)24-25(22(19)26)16-7-4-3-5-8-16/h3-13H,1-2H3/b19-13+. The quantitative estimate of drug-likeness (QED) is 0.549. The van der Waals surface area contributed by atoms with Crippen molar-refractivity contribution in [3.8, 4) is 11.3 Å². The second-order valence-corrected chi connectivity index (χ2v) is 6.72. The van der Waals surface area contributed by atoms with Gasteiger partial charge in [0.2, 0.25) is 0 Å². The van der Waals surface area contributed by atoms with Gasteiger partial charge in [-0.05, 0) is 55.8 Å². The first-order valence-electron chi connectivity index (χ1n) is 8.56. The van der Waals surface area contributed by atoms with Crippen molar-refractivity contribution >= 4 is 35.0 Å². The Hall–Kier alpha value is -3.11. The average molecular weight is 377 g/mol. The SMILES string of the molecule is CC1=NN(c2ccccc2)C(=O)/C1=C/c1ccc(-c2cccc(Cl)c2C)o1. The third-order valence-electron chi connectivity index (χ3n) is 4.51. The van der Waals surface area contributed by atoms with E-state index in [0.717, 1.165) is 16.8 Å². The van der Waals surface area contributed by atoms with Crippen molar-refractivity contribution in [2.24, 2.45) is 5.10 Å². The molecule has 2 heterocycles. The molecular formula is C22H17ClN2O2. The fourth-order valence-corrected chi connectivity index (χ4v) is 3.19. The lowest BCUT2D eigenvalue weighted by Gasteiger charge is -2.10. The number of para-hydroxylation sites is 1. The number of amides is 1. The third kappa shape index (κ3) is 3.20. The summed E-state index contributed by atoms with van der Waals surface area (Å²) in [5, 5.41) is 6.48. The van der Waals surface area contributed by atoms with Crippen LogP contribution in [0.5, 0.6) is 0 Å². The van der Waals surface area contributed by atoms with Crippen LogP contribution < -0.4 is 5.01 Å². The molecule has 0 radical (unpaired) electrons. The van der Waals surface area contributed by atoms with Crippen molar-refractivity contribution in [3.05, 3.63) is 82.6 Å². The lowest BCUT2D eigenvalue weighted by Crippen LogP contribution is -2.21. The first-order chi connectivity index (χ1) is 13.0. The highest BCUT2D eigenvalue weighted by Crippen LogP contribution is 2.31. The molecule has 134 valence electrons. The van der Waals surface area contributed by atoms with Gasteiger partial charge in [0.15, 0.2) is 0 Å². The summed E-state index contributed by atoms with van der Waals surface area (Å²) in [6.45, 7) is 3.77. The lowest BCUT2D eigenvalue weighted by atomic mass is 10.1. The van der Waals surface area contributed by atoms with E-state index in [9.17, 15) is 4.79 Å². The summed E-state index contributed by atoms with van der Waals surface area (Å²) in [7, 11) is 0. The highest BCUT2D eigenvalue weighted by molar-refractivity contribution is 6.32. The molecule has 0 aliphatic carbocycles. The molecule has 4 nitrogen and oxygen atoms in total. The van der Waals surface area contributed by atoms with Gasteiger partial charge in [-0.2, -0.15) is 10.1 Å². The van der Waals surface area contributed by atoms with Crippen LogP contribution in [-0.4, -0.2) is 11.6 Å².